The van der Waals surface area contributed by atoms with Crippen LogP contribution in [-0.4, -0.2) is 23.2 Å². The maximum Gasteiger partial charge on any atom is 1.00 e. The maximum absolute atomic E-state index is 10.7. The zero-order valence-corrected chi connectivity index (χ0v) is 10.2. The Labute approximate surface area is 103 Å². The summed E-state index contributed by atoms with van der Waals surface area (Å²) in [5.74, 6) is -3.19. The van der Waals surface area contributed by atoms with E-state index < -0.39 is 29.6 Å². The minimum Gasteiger partial charge on any atom is -0.550 e. The molecule has 13 heavy (non-hydrogen) atoms. The topological polar surface area (TPSA) is 83.5 Å². The van der Waals surface area contributed by atoms with Gasteiger partial charge in [0, 0.05) is 19.3 Å². The number of ether oxygens (including phenoxy) is 1. The summed E-state index contributed by atoms with van der Waals surface area (Å²) < 4.78 is 4.07. The molecule has 0 fully saturated rings. The molecule has 0 aliphatic rings. The van der Waals surface area contributed by atoms with Crippen molar-refractivity contribution < 1.29 is 53.8 Å². The molecule has 0 saturated heterocycles. The van der Waals surface area contributed by atoms with E-state index in [-0.39, 0.29) is 29.6 Å². The Morgan fingerprint density at radius 3 is 2.23 bits per heavy atom. The average Bonchev–Trinajstić information content (AvgIpc) is 1.84. The number of carboxylic acids is 1. The Kier molecular flexibility index (Phi) is 8.75. The van der Waals surface area contributed by atoms with E-state index in [0.29, 0.717) is 0 Å². The van der Waals surface area contributed by atoms with Crippen molar-refractivity contribution in [3.05, 3.63) is 0 Å². The molecule has 68 valence electrons. The first-order valence-electron chi connectivity index (χ1n) is 3.03. The van der Waals surface area contributed by atoms with E-state index in [2.05, 4.69) is 17.4 Å². The number of aliphatic carboxylic acids is 1. The molecule has 1 atom stereocenters. The van der Waals surface area contributed by atoms with E-state index >= 15 is 0 Å². The van der Waals surface area contributed by atoms with Crippen LogP contribution in [0.3, 0.4) is 0 Å². The van der Waals surface area contributed by atoms with Crippen LogP contribution in [-0.2, 0) is 19.1 Å². The minimum absolute atomic E-state index is 0. The molecule has 0 aromatic rings. The van der Waals surface area contributed by atoms with E-state index in [9.17, 15) is 19.5 Å². The smallest absolute Gasteiger partial charge is 0.550 e. The van der Waals surface area contributed by atoms with Crippen molar-refractivity contribution in [2.75, 3.05) is 0 Å². The fourth-order valence-corrected chi connectivity index (χ4v) is 0.653. The predicted octanol–water partition coefficient (Wildman–Crippen LogP) is -4.48. The van der Waals surface area contributed by atoms with Crippen LogP contribution in [0.5, 0.6) is 0 Å². The van der Waals surface area contributed by atoms with Gasteiger partial charge in [-0.1, -0.05) is 0 Å². The summed E-state index contributed by atoms with van der Waals surface area (Å²) in [6.45, 7) is 1.04. The second kappa shape index (κ2) is 7.37. The third-order valence-electron chi connectivity index (χ3n) is 0.876. The fraction of sp³-hybridized carbons (Fsp3) is 0.500. The van der Waals surface area contributed by atoms with Crippen LogP contribution in [0, 0.1) is 0 Å². The van der Waals surface area contributed by atoms with E-state index in [1.54, 1.807) is 0 Å². The van der Waals surface area contributed by atoms with Gasteiger partial charge in [-0.05, 0) is 0 Å². The maximum atomic E-state index is 10.7. The Bertz CT molecular complexity index is 217. The minimum atomic E-state index is -1.42. The van der Waals surface area contributed by atoms with Gasteiger partial charge in [0.05, 0.1) is 0 Å². The van der Waals surface area contributed by atoms with Crippen molar-refractivity contribution in [2.45, 2.75) is 18.6 Å². The molecular weight excluding hydrogens is 207 g/mol. The van der Waals surface area contributed by atoms with Crippen molar-refractivity contribution in [2.24, 2.45) is 0 Å². The van der Waals surface area contributed by atoms with Crippen molar-refractivity contribution in [3.63, 3.8) is 0 Å². The number of hydrogen-bond acceptors (Lipinski definition) is 6. The molecular formula is C6H7NaO5S. The molecule has 0 saturated carbocycles. The van der Waals surface area contributed by atoms with Gasteiger partial charge in [-0.15, -0.1) is 0 Å². The van der Waals surface area contributed by atoms with Crippen molar-refractivity contribution >= 4 is 30.5 Å². The SMILES string of the molecule is CC(=O)OC(=O)C(S)CC(=O)[O-].[Na+]. The van der Waals surface area contributed by atoms with Crippen LogP contribution in [0.1, 0.15) is 13.3 Å². The van der Waals surface area contributed by atoms with Crippen molar-refractivity contribution in [1.29, 1.82) is 0 Å². The van der Waals surface area contributed by atoms with Crippen molar-refractivity contribution in [3.8, 4) is 0 Å². The van der Waals surface area contributed by atoms with Gasteiger partial charge < -0.3 is 14.6 Å². The second-order valence-corrected chi connectivity index (χ2v) is 2.63. The van der Waals surface area contributed by atoms with Gasteiger partial charge in [-0.3, -0.25) is 9.59 Å². The monoisotopic (exact) mass is 214 g/mol. The number of esters is 2. The number of carboxylic acid groups (broad SMARTS) is 1. The quantitative estimate of drug-likeness (QED) is 0.222. The first-order valence-corrected chi connectivity index (χ1v) is 3.55. The molecule has 0 aromatic carbocycles. The normalized spacial score (nSPS) is 10.9. The van der Waals surface area contributed by atoms with Crippen LogP contribution in [0.25, 0.3) is 0 Å². The van der Waals surface area contributed by atoms with Gasteiger partial charge in [0.2, 0.25) is 0 Å². The first kappa shape index (κ1) is 15.4. The molecule has 0 heterocycles. The molecule has 0 N–H and O–H groups in total. The summed E-state index contributed by atoms with van der Waals surface area (Å²) in [6, 6.07) is 0. The van der Waals surface area contributed by atoms with Crippen molar-refractivity contribution in [1.82, 2.24) is 0 Å². The third kappa shape index (κ3) is 8.29. The number of rotatable bonds is 3. The number of carbonyl (C=O) groups is 3. The molecule has 0 aliphatic heterocycles. The second-order valence-electron chi connectivity index (χ2n) is 2.00. The zero-order valence-electron chi connectivity index (χ0n) is 7.27. The average molecular weight is 214 g/mol. The summed E-state index contributed by atoms with van der Waals surface area (Å²) in [6.07, 6.45) is -0.574. The molecule has 0 rings (SSSR count). The van der Waals surface area contributed by atoms with Gasteiger partial charge >= 0.3 is 41.5 Å². The summed E-state index contributed by atoms with van der Waals surface area (Å²) in [5.41, 5.74) is 0. The number of carbonyl (C=O) groups excluding carboxylic acids is 3. The molecule has 7 heteroatoms. The molecule has 0 radical (unpaired) electrons. The molecule has 5 nitrogen and oxygen atoms in total. The zero-order chi connectivity index (χ0) is 9.72. The van der Waals surface area contributed by atoms with Gasteiger partial charge in [0.15, 0.2) is 0 Å². The summed E-state index contributed by atoms with van der Waals surface area (Å²) in [5, 5.41) is 8.79. The van der Waals surface area contributed by atoms with Crippen LogP contribution < -0.4 is 34.7 Å². The van der Waals surface area contributed by atoms with Crippen LogP contribution in [0.15, 0.2) is 0 Å². The van der Waals surface area contributed by atoms with Gasteiger partial charge in [-0.2, -0.15) is 12.6 Å². The Balaban J connectivity index is 0. The summed E-state index contributed by atoms with van der Waals surface area (Å²) in [4.78, 5) is 30.8. The van der Waals surface area contributed by atoms with Crippen LogP contribution in [0.4, 0.5) is 0 Å². The van der Waals surface area contributed by atoms with Crippen LogP contribution in [0.2, 0.25) is 0 Å². The standard InChI is InChI=1S/C6H8O5S.Na/c1-3(7)11-6(10)4(12)2-5(8)9;/h4,12H,2H2,1H3,(H,8,9);/q;+1/p-1. The molecule has 0 spiro atoms. The number of thiol groups is 1. The summed E-state index contributed by atoms with van der Waals surface area (Å²) in [7, 11) is 0. The van der Waals surface area contributed by atoms with Gasteiger partial charge in [0.1, 0.15) is 5.25 Å². The largest absolute Gasteiger partial charge is 1.00 e. The Hall–Kier alpha value is -0.0400. The Morgan fingerprint density at radius 2 is 1.92 bits per heavy atom. The van der Waals surface area contributed by atoms with Gasteiger partial charge in [0.25, 0.3) is 0 Å². The van der Waals surface area contributed by atoms with E-state index in [4.69, 9.17) is 0 Å². The molecule has 1 unspecified atom stereocenters. The summed E-state index contributed by atoms with van der Waals surface area (Å²) >= 11 is 3.59. The van der Waals surface area contributed by atoms with Gasteiger partial charge in [-0.25, -0.2) is 0 Å². The van der Waals surface area contributed by atoms with E-state index in [1.807, 2.05) is 0 Å². The molecule has 0 amide bonds. The van der Waals surface area contributed by atoms with E-state index in [0.717, 1.165) is 6.92 Å². The van der Waals surface area contributed by atoms with Crippen LogP contribution >= 0.6 is 12.6 Å². The Morgan fingerprint density at radius 1 is 1.46 bits per heavy atom. The number of hydrogen-bond donors (Lipinski definition) is 1. The predicted molar refractivity (Wildman–Crippen MR) is 39.2 cm³/mol. The first-order chi connectivity index (χ1) is 5.43. The fourth-order valence-electron chi connectivity index (χ4n) is 0.451. The molecule has 0 aliphatic carbocycles. The van der Waals surface area contributed by atoms with E-state index in [1.165, 1.54) is 0 Å². The molecule has 0 bridgehead atoms. The third-order valence-corrected chi connectivity index (χ3v) is 1.27. The molecule has 0 aromatic heterocycles.